The van der Waals surface area contributed by atoms with E-state index in [0.29, 0.717) is 11.4 Å². The van der Waals surface area contributed by atoms with E-state index in [9.17, 15) is 14.9 Å². The van der Waals surface area contributed by atoms with Crippen molar-refractivity contribution >= 4 is 29.0 Å². The number of aromatic nitrogens is 2. The third kappa shape index (κ3) is 3.69. The van der Waals surface area contributed by atoms with Crippen LogP contribution >= 0.6 is 11.8 Å². The van der Waals surface area contributed by atoms with Crippen LogP contribution in [0.1, 0.15) is 10.4 Å². The van der Waals surface area contributed by atoms with Crippen molar-refractivity contribution in [3.8, 4) is 5.69 Å². The van der Waals surface area contributed by atoms with E-state index >= 15 is 0 Å². The maximum atomic E-state index is 12.4. The zero-order valence-electron chi connectivity index (χ0n) is 13.2. The van der Waals surface area contributed by atoms with E-state index in [2.05, 4.69) is 10.3 Å². The standard InChI is InChI=1S/C17H14N4O3S/c1-25-14-5-3-13(4-6-14)19-17(22)12-2-7-15(16(10-12)21(23)24)20-9-8-18-11-20/h2-11H,1H3,(H,19,22). The highest BCUT2D eigenvalue weighted by atomic mass is 32.2. The van der Waals surface area contributed by atoms with E-state index < -0.39 is 10.8 Å². The monoisotopic (exact) mass is 354 g/mol. The number of nitro benzene ring substituents is 1. The Kier molecular flexibility index (Phi) is 4.80. The van der Waals surface area contributed by atoms with E-state index in [0.717, 1.165) is 4.90 Å². The molecule has 0 saturated carbocycles. The van der Waals surface area contributed by atoms with Gasteiger partial charge in [-0.25, -0.2) is 4.98 Å². The van der Waals surface area contributed by atoms with E-state index in [1.165, 1.54) is 29.2 Å². The first-order valence-electron chi connectivity index (χ1n) is 7.30. The lowest BCUT2D eigenvalue weighted by Gasteiger charge is -2.08. The zero-order valence-corrected chi connectivity index (χ0v) is 14.1. The van der Waals surface area contributed by atoms with Gasteiger partial charge in [-0.1, -0.05) is 0 Å². The topological polar surface area (TPSA) is 90.1 Å². The van der Waals surface area contributed by atoms with Gasteiger partial charge >= 0.3 is 0 Å². The van der Waals surface area contributed by atoms with Crippen molar-refractivity contribution in [3.05, 3.63) is 76.9 Å². The first-order chi connectivity index (χ1) is 12.1. The Morgan fingerprint density at radius 2 is 2.00 bits per heavy atom. The van der Waals surface area contributed by atoms with Gasteiger partial charge in [-0.3, -0.25) is 14.9 Å². The third-order valence-corrected chi connectivity index (χ3v) is 4.31. The number of carbonyl (C=O) groups excluding carboxylic acids is 1. The van der Waals surface area contributed by atoms with Crippen molar-refractivity contribution in [1.82, 2.24) is 9.55 Å². The number of anilines is 1. The number of hydrogen-bond acceptors (Lipinski definition) is 5. The molecule has 1 N–H and O–H groups in total. The van der Waals surface area contributed by atoms with Crippen molar-refractivity contribution < 1.29 is 9.72 Å². The molecule has 1 aromatic heterocycles. The van der Waals surface area contributed by atoms with Crippen LogP contribution in [0.4, 0.5) is 11.4 Å². The van der Waals surface area contributed by atoms with Gasteiger partial charge in [0.2, 0.25) is 0 Å². The third-order valence-electron chi connectivity index (χ3n) is 3.56. The first kappa shape index (κ1) is 16.7. The van der Waals surface area contributed by atoms with Crippen LogP contribution in [0.3, 0.4) is 0 Å². The molecule has 2 aromatic carbocycles. The van der Waals surface area contributed by atoms with Crippen molar-refractivity contribution in [2.75, 3.05) is 11.6 Å². The van der Waals surface area contributed by atoms with Crippen molar-refractivity contribution in [2.45, 2.75) is 4.90 Å². The molecule has 3 aromatic rings. The summed E-state index contributed by atoms with van der Waals surface area (Å²) in [7, 11) is 0. The Hall–Kier alpha value is -3.13. The summed E-state index contributed by atoms with van der Waals surface area (Å²) in [6, 6.07) is 11.7. The molecule has 1 heterocycles. The molecule has 0 atom stereocenters. The van der Waals surface area contributed by atoms with Crippen LogP contribution in [0, 0.1) is 10.1 Å². The van der Waals surface area contributed by atoms with Crippen LogP contribution in [0.15, 0.2) is 66.1 Å². The minimum Gasteiger partial charge on any atom is -0.322 e. The van der Waals surface area contributed by atoms with E-state index in [4.69, 9.17) is 0 Å². The molecule has 0 spiro atoms. The van der Waals surface area contributed by atoms with Crippen molar-refractivity contribution in [1.29, 1.82) is 0 Å². The molecule has 25 heavy (non-hydrogen) atoms. The van der Waals surface area contributed by atoms with E-state index in [1.54, 1.807) is 36.2 Å². The van der Waals surface area contributed by atoms with Gasteiger partial charge < -0.3 is 9.88 Å². The maximum absolute atomic E-state index is 12.4. The number of carbonyl (C=O) groups is 1. The highest BCUT2D eigenvalue weighted by Gasteiger charge is 2.18. The average Bonchev–Trinajstić information content (AvgIpc) is 3.16. The molecule has 126 valence electrons. The number of nitrogens with zero attached hydrogens (tertiary/aromatic N) is 3. The van der Waals surface area contributed by atoms with Crippen LogP contribution in [0.5, 0.6) is 0 Å². The largest absolute Gasteiger partial charge is 0.322 e. The molecular formula is C17H14N4O3S. The second-order valence-electron chi connectivity index (χ2n) is 5.11. The van der Waals surface area contributed by atoms with Gasteiger partial charge in [0.25, 0.3) is 11.6 Å². The highest BCUT2D eigenvalue weighted by Crippen LogP contribution is 2.25. The quantitative estimate of drug-likeness (QED) is 0.428. The highest BCUT2D eigenvalue weighted by molar-refractivity contribution is 7.98. The van der Waals surface area contributed by atoms with Gasteiger partial charge in [-0.15, -0.1) is 11.8 Å². The molecule has 0 aliphatic carbocycles. The molecule has 0 saturated heterocycles. The van der Waals surface area contributed by atoms with Crippen LogP contribution in [-0.4, -0.2) is 26.6 Å². The van der Waals surface area contributed by atoms with Gasteiger partial charge in [-0.05, 0) is 42.7 Å². The van der Waals surface area contributed by atoms with Crippen molar-refractivity contribution in [3.63, 3.8) is 0 Å². The lowest BCUT2D eigenvalue weighted by molar-refractivity contribution is -0.384. The van der Waals surface area contributed by atoms with Gasteiger partial charge in [0.15, 0.2) is 0 Å². The molecule has 0 radical (unpaired) electrons. The van der Waals surface area contributed by atoms with Crippen LogP contribution < -0.4 is 5.32 Å². The van der Waals surface area contributed by atoms with Crippen molar-refractivity contribution in [2.24, 2.45) is 0 Å². The molecule has 1 amide bonds. The van der Waals surface area contributed by atoms with Gasteiger partial charge in [0.1, 0.15) is 5.69 Å². The SMILES string of the molecule is CSc1ccc(NC(=O)c2ccc(-n3ccnc3)c([N+](=O)[O-])c2)cc1. The van der Waals surface area contributed by atoms with Crippen LogP contribution in [0.25, 0.3) is 5.69 Å². The molecule has 0 bridgehead atoms. The maximum Gasteiger partial charge on any atom is 0.294 e. The Morgan fingerprint density at radius 3 is 2.60 bits per heavy atom. The normalized spacial score (nSPS) is 10.4. The van der Waals surface area contributed by atoms with Crippen LogP contribution in [0.2, 0.25) is 0 Å². The number of rotatable bonds is 5. The Bertz CT molecular complexity index is 908. The fourth-order valence-corrected chi connectivity index (χ4v) is 2.72. The fraction of sp³-hybridized carbons (Fsp3) is 0.0588. The fourth-order valence-electron chi connectivity index (χ4n) is 2.31. The number of amides is 1. The zero-order chi connectivity index (χ0) is 17.8. The van der Waals surface area contributed by atoms with Crippen LogP contribution in [-0.2, 0) is 0 Å². The minimum absolute atomic E-state index is 0.164. The van der Waals surface area contributed by atoms with E-state index in [-0.39, 0.29) is 11.3 Å². The van der Waals surface area contributed by atoms with E-state index in [1.807, 2.05) is 18.4 Å². The summed E-state index contributed by atoms with van der Waals surface area (Å²) in [5, 5.41) is 14.1. The number of thioether (sulfide) groups is 1. The predicted octanol–water partition coefficient (Wildman–Crippen LogP) is 3.75. The average molecular weight is 354 g/mol. The summed E-state index contributed by atoms with van der Waals surface area (Å²) in [6.07, 6.45) is 6.57. The summed E-state index contributed by atoms with van der Waals surface area (Å²) < 4.78 is 1.53. The molecule has 0 aliphatic rings. The van der Waals surface area contributed by atoms with Gasteiger partial charge in [-0.2, -0.15) is 0 Å². The molecule has 7 nitrogen and oxygen atoms in total. The first-order valence-corrected chi connectivity index (χ1v) is 8.53. The second-order valence-corrected chi connectivity index (χ2v) is 5.99. The number of benzene rings is 2. The smallest absolute Gasteiger partial charge is 0.294 e. The number of hydrogen-bond donors (Lipinski definition) is 1. The Morgan fingerprint density at radius 1 is 1.24 bits per heavy atom. The molecular weight excluding hydrogens is 340 g/mol. The number of nitro groups is 1. The molecule has 0 unspecified atom stereocenters. The lowest BCUT2D eigenvalue weighted by atomic mass is 10.1. The molecule has 3 rings (SSSR count). The molecule has 8 heteroatoms. The Labute approximate surface area is 147 Å². The van der Waals surface area contributed by atoms with Gasteiger partial charge in [0.05, 0.1) is 11.3 Å². The molecule has 0 aliphatic heterocycles. The summed E-state index contributed by atoms with van der Waals surface area (Å²) >= 11 is 1.60. The lowest BCUT2D eigenvalue weighted by Crippen LogP contribution is -2.12. The Balaban J connectivity index is 1.87. The summed E-state index contributed by atoms with van der Waals surface area (Å²) in [5.74, 6) is -0.405. The number of imidazole rings is 1. The summed E-state index contributed by atoms with van der Waals surface area (Å²) in [4.78, 5) is 28.2. The summed E-state index contributed by atoms with van der Waals surface area (Å²) in [5.41, 5.74) is 1.03. The predicted molar refractivity (Wildman–Crippen MR) is 96.4 cm³/mol. The second kappa shape index (κ2) is 7.18. The summed E-state index contributed by atoms with van der Waals surface area (Å²) in [6.45, 7) is 0. The minimum atomic E-state index is -0.515. The molecule has 0 fully saturated rings. The number of nitrogens with one attached hydrogen (secondary N) is 1. The van der Waals surface area contributed by atoms with Gasteiger partial charge in [0, 0.05) is 34.6 Å².